The number of hydrogen-bond donors (Lipinski definition) is 1. The Morgan fingerprint density at radius 1 is 1.08 bits per heavy atom. The summed E-state index contributed by atoms with van der Waals surface area (Å²) in [5.41, 5.74) is -1.07. The van der Waals surface area contributed by atoms with Crippen molar-refractivity contribution in [2.45, 2.75) is 59.7 Å². The van der Waals surface area contributed by atoms with Gasteiger partial charge >= 0.3 is 12.1 Å². The molecule has 0 aliphatic rings. The first-order chi connectivity index (χ1) is 11.9. The van der Waals surface area contributed by atoms with Crippen molar-refractivity contribution < 1.29 is 23.8 Å². The molecule has 0 fully saturated rings. The molecule has 1 aromatic carbocycles. The van der Waals surface area contributed by atoms with E-state index in [0.717, 1.165) is 0 Å². The van der Waals surface area contributed by atoms with Crippen LogP contribution in [0.25, 0.3) is 0 Å². The Kier molecular flexibility index (Phi) is 6.62. The fourth-order valence-corrected chi connectivity index (χ4v) is 1.96. The van der Waals surface area contributed by atoms with E-state index in [0.29, 0.717) is 6.61 Å². The molecular formula is C19H26N2O5. The minimum atomic E-state index is -0.730. The Morgan fingerprint density at radius 3 is 2.12 bits per heavy atom. The van der Waals surface area contributed by atoms with E-state index in [2.05, 4.69) is 5.32 Å². The van der Waals surface area contributed by atoms with E-state index in [4.69, 9.17) is 14.2 Å². The molecule has 0 bridgehead atoms. The van der Waals surface area contributed by atoms with Gasteiger partial charge in [0, 0.05) is 6.07 Å². The minimum Gasteiger partial charge on any atom is -0.492 e. The van der Waals surface area contributed by atoms with Crippen LogP contribution in [0.4, 0.5) is 10.5 Å². The van der Waals surface area contributed by atoms with Crippen LogP contribution in [0.2, 0.25) is 0 Å². The van der Waals surface area contributed by atoms with Crippen molar-refractivity contribution in [1.29, 1.82) is 5.26 Å². The highest BCUT2D eigenvalue weighted by atomic mass is 16.6. The van der Waals surface area contributed by atoms with Crippen LogP contribution in [0.15, 0.2) is 12.1 Å². The minimum absolute atomic E-state index is 0.0470. The Bertz CT molecular complexity index is 721. The van der Waals surface area contributed by atoms with Gasteiger partial charge in [0.1, 0.15) is 23.0 Å². The standard InChI is InChI=1S/C19H26N2O5/c1-8-24-15-10-14(21-17(23)26-19(5,6)7)13(9-12(15)11-20)16(22)25-18(2,3)4/h9-10H,8H2,1-7H3,(H,21,23). The number of benzene rings is 1. The number of esters is 1. The number of anilines is 1. The molecule has 0 spiro atoms. The predicted octanol–water partition coefficient (Wildman–Crippen LogP) is 4.26. The van der Waals surface area contributed by atoms with Gasteiger partial charge in [0.15, 0.2) is 0 Å². The SMILES string of the molecule is CCOc1cc(NC(=O)OC(C)(C)C)c(C(=O)OC(C)(C)C)cc1C#N. The summed E-state index contributed by atoms with van der Waals surface area (Å²) in [5.74, 6) is -0.406. The van der Waals surface area contributed by atoms with E-state index < -0.39 is 23.3 Å². The molecule has 0 aliphatic carbocycles. The Hall–Kier alpha value is -2.75. The van der Waals surface area contributed by atoms with Crippen LogP contribution >= 0.6 is 0 Å². The maximum atomic E-state index is 12.5. The second-order valence-corrected chi connectivity index (χ2v) is 7.57. The van der Waals surface area contributed by atoms with Gasteiger partial charge in [0.2, 0.25) is 0 Å². The highest BCUT2D eigenvalue weighted by Crippen LogP contribution is 2.29. The second kappa shape index (κ2) is 8.09. The number of nitrogens with one attached hydrogen (secondary N) is 1. The van der Waals surface area contributed by atoms with Crippen molar-refractivity contribution in [2.24, 2.45) is 0 Å². The van der Waals surface area contributed by atoms with Crippen molar-refractivity contribution in [2.75, 3.05) is 11.9 Å². The first kappa shape index (κ1) is 21.3. The molecule has 0 aliphatic heterocycles. The first-order valence-corrected chi connectivity index (χ1v) is 8.30. The molecule has 1 amide bonds. The van der Waals surface area contributed by atoms with Gasteiger partial charge in [-0.25, -0.2) is 9.59 Å². The van der Waals surface area contributed by atoms with Crippen LogP contribution in [0.5, 0.6) is 5.75 Å². The molecule has 0 unspecified atom stereocenters. The zero-order chi connectivity index (χ0) is 20.1. The van der Waals surface area contributed by atoms with Crippen molar-refractivity contribution in [3.63, 3.8) is 0 Å². The van der Waals surface area contributed by atoms with E-state index in [1.54, 1.807) is 48.5 Å². The van der Waals surface area contributed by atoms with E-state index in [9.17, 15) is 14.9 Å². The smallest absolute Gasteiger partial charge is 0.412 e. The lowest BCUT2D eigenvalue weighted by Crippen LogP contribution is -2.29. The predicted molar refractivity (Wildman–Crippen MR) is 97.4 cm³/mol. The van der Waals surface area contributed by atoms with Gasteiger partial charge in [-0.2, -0.15) is 5.26 Å². The molecule has 0 saturated heterocycles. The van der Waals surface area contributed by atoms with Crippen LogP contribution in [0.3, 0.4) is 0 Å². The Balaban J connectivity index is 3.34. The van der Waals surface area contributed by atoms with Crippen LogP contribution < -0.4 is 10.1 Å². The summed E-state index contributed by atoms with van der Waals surface area (Å²) in [6.07, 6.45) is -0.727. The van der Waals surface area contributed by atoms with Gasteiger partial charge in [-0.1, -0.05) is 0 Å². The Morgan fingerprint density at radius 2 is 1.65 bits per heavy atom. The van der Waals surface area contributed by atoms with E-state index in [-0.39, 0.29) is 22.6 Å². The molecule has 0 radical (unpaired) electrons. The number of amides is 1. The number of carbonyl (C=O) groups excluding carboxylic acids is 2. The highest BCUT2D eigenvalue weighted by molar-refractivity contribution is 6.00. The lowest BCUT2D eigenvalue weighted by molar-refractivity contribution is 0.00707. The van der Waals surface area contributed by atoms with Crippen LogP contribution in [-0.2, 0) is 9.47 Å². The van der Waals surface area contributed by atoms with Gasteiger partial charge in [0.05, 0.1) is 23.4 Å². The quantitative estimate of drug-likeness (QED) is 0.804. The maximum absolute atomic E-state index is 12.5. The average Bonchev–Trinajstić information content (AvgIpc) is 2.43. The highest BCUT2D eigenvalue weighted by Gasteiger charge is 2.25. The molecule has 26 heavy (non-hydrogen) atoms. The lowest BCUT2D eigenvalue weighted by atomic mass is 10.1. The zero-order valence-electron chi connectivity index (χ0n) is 16.4. The normalized spacial score (nSPS) is 11.3. The zero-order valence-corrected chi connectivity index (χ0v) is 16.4. The molecule has 7 heteroatoms. The lowest BCUT2D eigenvalue weighted by Gasteiger charge is -2.22. The summed E-state index contributed by atoms with van der Waals surface area (Å²) in [6.45, 7) is 12.5. The maximum Gasteiger partial charge on any atom is 0.412 e. The topological polar surface area (TPSA) is 97.7 Å². The van der Waals surface area contributed by atoms with E-state index >= 15 is 0 Å². The molecule has 1 aromatic rings. The van der Waals surface area contributed by atoms with Gasteiger partial charge in [-0.05, 0) is 54.5 Å². The monoisotopic (exact) mass is 362 g/mol. The van der Waals surface area contributed by atoms with Gasteiger partial charge in [-0.15, -0.1) is 0 Å². The van der Waals surface area contributed by atoms with Gasteiger partial charge in [-0.3, -0.25) is 5.32 Å². The number of carbonyl (C=O) groups is 2. The molecule has 1 N–H and O–H groups in total. The average molecular weight is 362 g/mol. The molecule has 0 aromatic heterocycles. The molecular weight excluding hydrogens is 336 g/mol. The van der Waals surface area contributed by atoms with Crippen molar-refractivity contribution >= 4 is 17.7 Å². The fourth-order valence-electron chi connectivity index (χ4n) is 1.96. The Labute approximate surface area is 154 Å². The van der Waals surface area contributed by atoms with Crippen molar-refractivity contribution in [1.82, 2.24) is 0 Å². The number of nitriles is 1. The molecule has 7 nitrogen and oxygen atoms in total. The van der Waals surface area contributed by atoms with Crippen LogP contribution in [0.1, 0.15) is 64.4 Å². The number of hydrogen-bond acceptors (Lipinski definition) is 6. The van der Waals surface area contributed by atoms with Crippen LogP contribution in [0, 0.1) is 11.3 Å². The third kappa shape index (κ3) is 6.63. The van der Waals surface area contributed by atoms with Crippen LogP contribution in [-0.4, -0.2) is 29.9 Å². The molecule has 142 valence electrons. The third-order valence-electron chi connectivity index (χ3n) is 2.79. The third-order valence-corrected chi connectivity index (χ3v) is 2.79. The fraction of sp³-hybridized carbons (Fsp3) is 0.526. The summed E-state index contributed by atoms with van der Waals surface area (Å²) in [7, 11) is 0. The summed E-state index contributed by atoms with van der Waals surface area (Å²) < 4.78 is 16.0. The van der Waals surface area contributed by atoms with Gasteiger partial charge < -0.3 is 14.2 Å². The number of ether oxygens (including phenoxy) is 3. The summed E-state index contributed by atoms with van der Waals surface area (Å²) in [5, 5.41) is 11.8. The summed E-state index contributed by atoms with van der Waals surface area (Å²) >= 11 is 0. The summed E-state index contributed by atoms with van der Waals surface area (Å²) in [4.78, 5) is 24.6. The molecule has 0 atom stereocenters. The largest absolute Gasteiger partial charge is 0.492 e. The summed E-state index contributed by atoms with van der Waals surface area (Å²) in [6, 6.07) is 4.74. The molecule has 1 rings (SSSR count). The van der Waals surface area contributed by atoms with E-state index in [1.165, 1.54) is 12.1 Å². The number of nitrogens with zero attached hydrogens (tertiary/aromatic N) is 1. The van der Waals surface area contributed by atoms with Gasteiger partial charge in [0.25, 0.3) is 0 Å². The van der Waals surface area contributed by atoms with E-state index in [1.807, 2.05) is 6.07 Å². The van der Waals surface area contributed by atoms with Crippen molar-refractivity contribution in [3.8, 4) is 11.8 Å². The second-order valence-electron chi connectivity index (χ2n) is 7.57. The molecule has 0 saturated carbocycles. The molecule has 0 heterocycles. The first-order valence-electron chi connectivity index (χ1n) is 8.30. The van der Waals surface area contributed by atoms with Crippen molar-refractivity contribution in [3.05, 3.63) is 23.3 Å². The number of rotatable bonds is 4.